The maximum absolute atomic E-state index is 11.0. The number of carboxylic acids is 1. The number of carboxylic acid groups (broad SMARTS) is 1. The van der Waals surface area contributed by atoms with Crippen molar-refractivity contribution in [1.82, 2.24) is 5.32 Å². The highest BCUT2D eigenvalue weighted by Crippen LogP contribution is 2.36. The van der Waals surface area contributed by atoms with Gasteiger partial charge in [0.15, 0.2) is 0 Å². The molecule has 15 heavy (non-hydrogen) atoms. The fourth-order valence-electron chi connectivity index (χ4n) is 2.24. The molecule has 0 spiro atoms. The number of rotatable bonds is 5. The van der Waals surface area contributed by atoms with Gasteiger partial charge < -0.3 is 20.5 Å². The maximum atomic E-state index is 11.0. The molecule has 1 fully saturated rings. The van der Waals surface area contributed by atoms with E-state index in [2.05, 4.69) is 5.32 Å². The van der Waals surface area contributed by atoms with Crippen LogP contribution in [0.2, 0.25) is 6.32 Å². The van der Waals surface area contributed by atoms with Gasteiger partial charge in [-0.05, 0) is 31.1 Å². The van der Waals surface area contributed by atoms with Crippen LogP contribution in [0.4, 0.5) is 0 Å². The van der Waals surface area contributed by atoms with Gasteiger partial charge in [0, 0.05) is 0 Å². The number of carbonyl (C=O) groups is 1. The molecule has 1 saturated heterocycles. The van der Waals surface area contributed by atoms with E-state index < -0.39 is 19.1 Å². The van der Waals surface area contributed by atoms with Crippen LogP contribution < -0.4 is 5.32 Å². The lowest BCUT2D eigenvalue weighted by Gasteiger charge is -2.28. The monoisotopic (exact) mass is 215 g/mol. The van der Waals surface area contributed by atoms with Crippen molar-refractivity contribution in [2.24, 2.45) is 5.41 Å². The largest absolute Gasteiger partial charge is 0.480 e. The molecule has 0 radical (unpaired) electrons. The highest BCUT2D eigenvalue weighted by Gasteiger charge is 2.42. The summed E-state index contributed by atoms with van der Waals surface area (Å²) < 4.78 is 0. The molecule has 0 bridgehead atoms. The fourth-order valence-corrected chi connectivity index (χ4v) is 2.24. The third-order valence-corrected chi connectivity index (χ3v) is 3.20. The molecule has 0 saturated carbocycles. The number of hydrogen-bond acceptors (Lipinski definition) is 4. The van der Waals surface area contributed by atoms with Crippen molar-refractivity contribution in [3.8, 4) is 0 Å². The van der Waals surface area contributed by atoms with Crippen LogP contribution in [0.15, 0.2) is 0 Å². The predicted molar refractivity (Wildman–Crippen MR) is 56.4 cm³/mol. The molecule has 86 valence electrons. The molecule has 0 aromatic rings. The first-order valence-corrected chi connectivity index (χ1v) is 5.28. The molecule has 0 unspecified atom stereocenters. The summed E-state index contributed by atoms with van der Waals surface area (Å²) in [4.78, 5) is 11.0. The maximum Gasteiger partial charge on any atom is 0.451 e. The zero-order valence-corrected chi connectivity index (χ0v) is 8.94. The topological polar surface area (TPSA) is 89.8 Å². The van der Waals surface area contributed by atoms with Gasteiger partial charge in [-0.2, -0.15) is 0 Å². The average Bonchev–Trinajstić information content (AvgIpc) is 2.46. The second-order valence-corrected chi connectivity index (χ2v) is 4.50. The Kier molecular flexibility index (Phi) is 4.13. The Balaban J connectivity index is 2.46. The molecular weight excluding hydrogens is 197 g/mol. The number of aliphatic carboxylic acids is 1. The van der Waals surface area contributed by atoms with E-state index in [0.717, 1.165) is 13.0 Å². The van der Waals surface area contributed by atoms with Crippen LogP contribution in [0.1, 0.15) is 26.2 Å². The van der Waals surface area contributed by atoms with Gasteiger partial charge in [0.1, 0.15) is 6.04 Å². The molecule has 5 nitrogen and oxygen atoms in total. The summed E-state index contributed by atoms with van der Waals surface area (Å²) in [5.41, 5.74) is -0.263. The Labute approximate surface area is 89.6 Å². The molecule has 0 amide bonds. The molecule has 0 aromatic heterocycles. The zero-order chi connectivity index (χ0) is 11.5. The van der Waals surface area contributed by atoms with E-state index in [0.29, 0.717) is 19.2 Å². The lowest BCUT2D eigenvalue weighted by Crippen LogP contribution is -2.41. The van der Waals surface area contributed by atoms with Crippen LogP contribution in [-0.4, -0.2) is 40.8 Å². The summed E-state index contributed by atoms with van der Waals surface area (Å²) in [7, 11) is -1.29. The summed E-state index contributed by atoms with van der Waals surface area (Å²) in [5.74, 6) is -0.820. The van der Waals surface area contributed by atoms with E-state index in [1.165, 1.54) is 0 Å². The van der Waals surface area contributed by atoms with Gasteiger partial charge in [0.05, 0.1) is 0 Å². The average molecular weight is 215 g/mol. The van der Waals surface area contributed by atoms with Gasteiger partial charge in [0.25, 0.3) is 0 Å². The smallest absolute Gasteiger partial charge is 0.451 e. The van der Waals surface area contributed by atoms with Crippen molar-refractivity contribution in [2.45, 2.75) is 38.5 Å². The standard InChI is InChI=1S/C9H18BNO4/c1-9(3-2-5-10(14)15)4-6-11-7(9)8(12)13/h7,11,14-15H,2-6H2,1H3,(H,12,13)/t7-,9-/m1/s1. The summed E-state index contributed by atoms with van der Waals surface area (Å²) in [5, 5.41) is 29.4. The van der Waals surface area contributed by atoms with E-state index in [4.69, 9.17) is 15.2 Å². The van der Waals surface area contributed by atoms with Crippen molar-refractivity contribution in [1.29, 1.82) is 0 Å². The van der Waals surface area contributed by atoms with Crippen LogP contribution in [-0.2, 0) is 4.79 Å². The first-order chi connectivity index (χ1) is 6.96. The minimum atomic E-state index is -1.29. The van der Waals surface area contributed by atoms with E-state index >= 15 is 0 Å². The molecule has 6 heteroatoms. The minimum absolute atomic E-state index is 0.263. The summed E-state index contributed by atoms with van der Waals surface area (Å²) in [6.07, 6.45) is 2.47. The van der Waals surface area contributed by atoms with Crippen LogP contribution in [0.3, 0.4) is 0 Å². The minimum Gasteiger partial charge on any atom is -0.480 e. The number of hydrogen-bond donors (Lipinski definition) is 4. The van der Waals surface area contributed by atoms with E-state index in [-0.39, 0.29) is 5.41 Å². The number of nitrogens with one attached hydrogen (secondary N) is 1. The first kappa shape index (κ1) is 12.5. The molecular formula is C9H18BNO4. The van der Waals surface area contributed by atoms with Crippen molar-refractivity contribution < 1.29 is 19.9 Å². The molecule has 1 aliphatic rings. The quantitative estimate of drug-likeness (QED) is 0.472. The van der Waals surface area contributed by atoms with Gasteiger partial charge in [0.2, 0.25) is 0 Å². The van der Waals surface area contributed by atoms with Gasteiger partial charge in [-0.15, -0.1) is 0 Å². The molecule has 1 aliphatic heterocycles. The lowest BCUT2D eigenvalue weighted by molar-refractivity contribution is -0.141. The van der Waals surface area contributed by atoms with Crippen molar-refractivity contribution in [2.75, 3.05) is 6.54 Å². The normalized spacial score (nSPS) is 30.5. The summed E-state index contributed by atoms with van der Waals surface area (Å²) in [6, 6.07) is -0.506. The summed E-state index contributed by atoms with van der Waals surface area (Å²) in [6.45, 7) is 2.66. The van der Waals surface area contributed by atoms with Gasteiger partial charge in [-0.3, -0.25) is 4.79 Å². The van der Waals surface area contributed by atoms with Gasteiger partial charge in [-0.1, -0.05) is 13.3 Å². The van der Waals surface area contributed by atoms with Crippen LogP contribution in [0, 0.1) is 5.41 Å². The molecule has 0 aromatic carbocycles. The Morgan fingerprint density at radius 3 is 2.80 bits per heavy atom. The van der Waals surface area contributed by atoms with Crippen LogP contribution in [0.5, 0.6) is 0 Å². The van der Waals surface area contributed by atoms with Crippen LogP contribution in [0.25, 0.3) is 0 Å². The predicted octanol–water partition coefficient (Wildman–Crippen LogP) is -0.308. The molecule has 1 heterocycles. The van der Waals surface area contributed by atoms with Crippen molar-refractivity contribution in [3.05, 3.63) is 0 Å². The molecule has 1 rings (SSSR count). The second-order valence-electron chi connectivity index (χ2n) is 4.50. The third kappa shape index (κ3) is 3.19. The van der Waals surface area contributed by atoms with E-state index in [1.807, 2.05) is 6.92 Å². The molecule has 4 N–H and O–H groups in total. The first-order valence-electron chi connectivity index (χ1n) is 5.28. The van der Waals surface area contributed by atoms with Gasteiger partial charge in [-0.25, -0.2) is 0 Å². The van der Waals surface area contributed by atoms with Crippen molar-refractivity contribution in [3.63, 3.8) is 0 Å². The second kappa shape index (κ2) is 4.96. The fraction of sp³-hybridized carbons (Fsp3) is 0.889. The van der Waals surface area contributed by atoms with Crippen molar-refractivity contribution >= 4 is 13.1 Å². The zero-order valence-electron chi connectivity index (χ0n) is 8.94. The molecule has 0 aliphatic carbocycles. The summed E-state index contributed by atoms with van der Waals surface area (Å²) >= 11 is 0. The third-order valence-electron chi connectivity index (χ3n) is 3.20. The SMILES string of the molecule is C[C@@]1(CCCB(O)O)CCN[C@@H]1C(=O)O. The Morgan fingerprint density at radius 2 is 2.27 bits per heavy atom. The van der Waals surface area contributed by atoms with E-state index in [1.54, 1.807) is 0 Å². The van der Waals surface area contributed by atoms with Crippen LogP contribution >= 0.6 is 0 Å². The Bertz CT molecular complexity index is 236. The highest BCUT2D eigenvalue weighted by atomic mass is 16.4. The Morgan fingerprint density at radius 1 is 1.60 bits per heavy atom. The highest BCUT2D eigenvalue weighted by molar-refractivity contribution is 6.40. The Hall–Kier alpha value is -0.585. The molecule has 2 atom stereocenters. The van der Waals surface area contributed by atoms with Gasteiger partial charge >= 0.3 is 13.1 Å². The van der Waals surface area contributed by atoms with E-state index in [9.17, 15) is 4.79 Å². The lowest BCUT2D eigenvalue weighted by atomic mass is 9.74.